The molecule has 1 fully saturated rings. The molecule has 1 heterocycles. The highest BCUT2D eigenvalue weighted by atomic mass is 16.6. The highest BCUT2D eigenvalue weighted by Crippen LogP contribution is 2.19. The van der Waals surface area contributed by atoms with Gasteiger partial charge < -0.3 is 15.0 Å². The predicted octanol–water partition coefficient (Wildman–Crippen LogP) is 3.16. The highest BCUT2D eigenvalue weighted by molar-refractivity contribution is 5.78. The largest absolute Gasteiger partial charge is 0.415 e. The topological polar surface area (TPSA) is 102 Å². The molecule has 152 valence electrons. The monoisotopic (exact) mass is 397 g/mol. The summed E-state index contributed by atoms with van der Waals surface area (Å²) < 4.78 is 5.35. The average Bonchev–Trinajstić information content (AvgIpc) is 2.74. The maximum Gasteiger partial charge on any atom is 0.415 e. The molecule has 1 N–H and O–H groups in total. The number of amides is 2. The fourth-order valence-electron chi connectivity index (χ4n) is 3.22. The maximum atomic E-state index is 12.2. The van der Waals surface area contributed by atoms with Crippen LogP contribution in [0, 0.1) is 16.0 Å². The van der Waals surface area contributed by atoms with E-state index in [9.17, 15) is 19.7 Å². The van der Waals surface area contributed by atoms with Crippen molar-refractivity contribution in [3.05, 3.63) is 70.3 Å². The molecule has 0 aliphatic carbocycles. The first-order chi connectivity index (χ1) is 14.0. The first-order valence-corrected chi connectivity index (χ1v) is 9.53. The Balaban J connectivity index is 1.37. The zero-order valence-electron chi connectivity index (χ0n) is 16.0. The van der Waals surface area contributed by atoms with Crippen LogP contribution in [0.1, 0.15) is 18.4 Å². The molecule has 1 aliphatic rings. The van der Waals surface area contributed by atoms with Crippen LogP contribution in [0.4, 0.5) is 10.5 Å². The van der Waals surface area contributed by atoms with Gasteiger partial charge in [-0.3, -0.25) is 14.9 Å². The minimum absolute atomic E-state index is 0.00621. The summed E-state index contributed by atoms with van der Waals surface area (Å²) in [5.74, 6) is 0.708. The lowest BCUT2D eigenvalue weighted by Gasteiger charge is -2.31. The summed E-state index contributed by atoms with van der Waals surface area (Å²) in [5, 5.41) is 13.6. The quantitative estimate of drug-likeness (QED) is 0.596. The highest BCUT2D eigenvalue weighted by Gasteiger charge is 2.24. The Labute approximate surface area is 168 Å². The predicted molar refractivity (Wildman–Crippen MR) is 107 cm³/mol. The molecular weight excluding hydrogens is 374 g/mol. The molecule has 3 rings (SSSR count). The van der Waals surface area contributed by atoms with Gasteiger partial charge in [0.25, 0.3) is 5.69 Å². The Morgan fingerprint density at radius 3 is 2.34 bits per heavy atom. The van der Waals surface area contributed by atoms with Crippen LogP contribution in [-0.4, -0.2) is 41.5 Å². The van der Waals surface area contributed by atoms with E-state index in [-0.39, 0.29) is 24.1 Å². The van der Waals surface area contributed by atoms with Crippen molar-refractivity contribution in [1.82, 2.24) is 10.2 Å². The number of hydrogen-bond acceptors (Lipinski definition) is 5. The molecule has 0 bridgehead atoms. The van der Waals surface area contributed by atoms with E-state index in [1.165, 1.54) is 12.1 Å². The van der Waals surface area contributed by atoms with Gasteiger partial charge in [0.1, 0.15) is 5.75 Å². The van der Waals surface area contributed by atoms with Crippen molar-refractivity contribution in [2.75, 3.05) is 19.6 Å². The number of ether oxygens (including phenoxy) is 1. The number of likely N-dealkylation sites (tertiary alicyclic amines) is 1. The zero-order valence-corrected chi connectivity index (χ0v) is 16.0. The lowest BCUT2D eigenvalue weighted by molar-refractivity contribution is -0.384. The average molecular weight is 397 g/mol. The molecule has 0 aromatic heterocycles. The van der Waals surface area contributed by atoms with Crippen molar-refractivity contribution in [3.63, 3.8) is 0 Å². The molecule has 2 aromatic rings. The SMILES string of the molecule is O=C(Cc1ccc([N+](=O)[O-])cc1)NCC1CCN(C(=O)Oc2ccccc2)CC1. The van der Waals surface area contributed by atoms with Gasteiger partial charge in [-0.15, -0.1) is 0 Å². The summed E-state index contributed by atoms with van der Waals surface area (Å²) in [6.07, 6.45) is 1.42. The summed E-state index contributed by atoms with van der Waals surface area (Å²) >= 11 is 0. The number of non-ortho nitro benzene ring substituents is 1. The van der Waals surface area contributed by atoms with E-state index in [1.54, 1.807) is 29.2 Å². The lowest BCUT2D eigenvalue weighted by atomic mass is 9.97. The Bertz CT molecular complexity index is 846. The van der Waals surface area contributed by atoms with Crippen molar-refractivity contribution < 1.29 is 19.2 Å². The summed E-state index contributed by atoms with van der Waals surface area (Å²) in [5.41, 5.74) is 0.735. The standard InChI is InChI=1S/C21H23N3O5/c25-20(14-16-6-8-18(9-7-16)24(27)28)22-15-17-10-12-23(13-11-17)21(26)29-19-4-2-1-3-5-19/h1-9,17H,10-15H2,(H,22,25). The number of carbonyl (C=O) groups is 2. The first kappa shape index (κ1) is 20.3. The van der Waals surface area contributed by atoms with Crippen LogP contribution in [0.25, 0.3) is 0 Å². The zero-order chi connectivity index (χ0) is 20.6. The van der Waals surface area contributed by atoms with E-state index >= 15 is 0 Å². The van der Waals surface area contributed by atoms with E-state index in [0.29, 0.717) is 31.3 Å². The van der Waals surface area contributed by atoms with Gasteiger partial charge in [0, 0.05) is 31.8 Å². The first-order valence-electron chi connectivity index (χ1n) is 9.53. The van der Waals surface area contributed by atoms with Crippen molar-refractivity contribution in [3.8, 4) is 5.75 Å². The second-order valence-corrected chi connectivity index (χ2v) is 7.02. The molecule has 0 unspecified atom stereocenters. The second-order valence-electron chi connectivity index (χ2n) is 7.02. The molecule has 2 aromatic carbocycles. The molecule has 1 aliphatic heterocycles. The van der Waals surface area contributed by atoms with Crippen LogP contribution in [0.3, 0.4) is 0 Å². The molecule has 0 atom stereocenters. The number of hydrogen-bond donors (Lipinski definition) is 1. The number of nitrogens with zero attached hydrogens (tertiary/aromatic N) is 2. The van der Waals surface area contributed by atoms with Crippen LogP contribution >= 0.6 is 0 Å². The van der Waals surface area contributed by atoms with E-state index < -0.39 is 4.92 Å². The van der Waals surface area contributed by atoms with Gasteiger partial charge in [-0.25, -0.2) is 4.79 Å². The van der Waals surface area contributed by atoms with Crippen LogP contribution in [0.5, 0.6) is 5.75 Å². The van der Waals surface area contributed by atoms with Gasteiger partial charge in [-0.05, 0) is 36.5 Å². The molecule has 8 heteroatoms. The Morgan fingerprint density at radius 2 is 1.72 bits per heavy atom. The fraction of sp³-hybridized carbons (Fsp3) is 0.333. The summed E-state index contributed by atoms with van der Waals surface area (Å²) in [4.78, 5) is 36.2. The number of nitro groups is 1. The van der Waals surface area contributed by atoms with Gasteiger partial charge in [-0.1, -0.05) is 30.3 Å². The lowest BCUT2D eigenvalue weighted by Crippen LogP contribution is -2.42. The Morgan fingerprint density at radius 1 is 1.07 bits per heavy atom. The van der Waals surface area contributed by atoms with Crippen LogP contribution in [-0.2, 0) is 11.2 Å². The molecule has 29 heavy (non-hydrogen) atoms. The number of benzene rings is 2. The molecule has 1 saturated heterocycles. The number of carbonyl (C=O) groups excluding carboxylic acids is 2. The minimum atomic E-state index is -0.466. The van der Waals surface area contributed by atoms with Gasteiger partial charge in [0.2, 0.25) is 5.91 Å². The third-order valence-corrected chi connectivity index (χ3v) is 4.92. The Hall–Kier alpha value is -3.42. The summed E-state index contributed by atoms with van der Waals surface area (Å²) in [7, 11) is 0. The van der Waals surface area contributed by atoms with Gasteiger partial charge in [0.05, 0.1) is 11.3 Å². The fourth-order valence-corrected chi connectivity index (χ4v) is 3.22. The molecule has 8 nitrogen and oxygen atoms in total. The maximum absolute atomic E-state index is 12.2. The minimum Gasteiger partial charge on any atom is -0.410 e. The van der Waals surface area contributed by atoms with E-state index in [0.717, 1.165) is 18.4 Å². The van der Waals surface area contributed by atoms with Gasteiger partial charge >= 0.3 is 6.09 Å². The van der Waals surface area contributed by atoms with Crippen molar-refractivity contribution in [1.29, 1.82) is 0 Å². The number of piperidine rings is 1. The molecular formula is C21H23N3O5. The van der Waals surface area contributed by atoms with Gasteiger partial charge in [-0.2, -0.15) is 0 Å². The molecule has 0 saturated carbocycles. The van der Waals surface area contributed by atoms with Crippen LogP contribution < -0.4 is 10.1 Å². The number of para-hydroxylation sites is 1. The van der Waals surface area contributed by atoms with Crippen molar-refractivity contribution >= 4 is 17.7 Å². The van der Waals surface area contributed by atoms with Crippen LogP contribution in [0.15, 0.2) is 54.6 Å². The van der Waals surface area contributed by atoms with Crippen molar-refractivity contribution in [2.45, 2.75) is 19.3 Å². The smallest absolute Gasteiger partial charge is 0.410 e. The molecule has 0 radical (unpaired) electrons. The van der Waals surface area contributed by atoms with E-state index in [2.05, 4.69) is 5.32 Å². The Kier molecular flexibility index (Phi) is 6.78. The number of rotatable bonds is 6. The van der Waals surface area contributed by atoms with Gasteiger partial charge in [0.15, 0.2) is 0 Å². The summed E-state index contributed by atoms with van der Waals surface area (Å²) in [6, 6.07) is 14.9. The molecule has 2 amide bonds. The normalized spacial score (nSPS) is 14.3. The number of nitrogens with one attached hydrogen (secondary N) is 1. The third kappa shape index (κ3) is 6.03. The van der Waals surface area contributed by atoms with Crippen LogP contribution in [0.2, 0.25) is 0 Å². The third-order valence-electron chi connectivity index (χ3n) is 4.92. The van der Waals surface area contributed by atoms with Crippen molar-refractivity contribution in [2.24, 2.45) is 5.92 Å². The molecule has 0 spiro atoms. The summed E-state index contributed by atoms with van der Waals surface area (Å²) in [6.45, 7) is 1.73. The van der Waals surface area contributed by atoms with E-state index in [4.69, 9.17) is 4.74 Å². The van der Waals surface area contributed by atoms with E-state index in [1.807, 2.05) is 18.2 Å². The number of nitro benzene ring substituents is 1. The second kappa shape index (κ2) is 9.68.